The SMILES string of the molecule is Cc1nnc(SCC(=O)N[C@@H](C)c2ccc(C)c(C)c2)s1. The van der Waals surface area contributed by atoms with Gasteiger partial charge in [0, 0.05) is 0 Å². The van der Waals surface area contributed by atoms with Crippen LogP contribution in [0.5, 0.6) is 0 Å². The molecule has 2 aromatic rings. The second-order valence-corrected chi connectivity index (χ2v) is 7.41. The molecule has 1 aromatic carbocycles. The topological polar surface area (TPSA) is 54.9 Å². The van der Waals surface area contributed by atoms with E-state index in [-0.39, 0.29) is 11.9 Å². The van der Waals surface area contributed by atoms with Gasteiger partial charge in [-0.25, -0.2) is 0 Å². The number of carbonyl (C=O) groups excluding carboxylic acids is 1. The molecule has 1 heterocycles. The highest BCUT2D eigenvalue weighted by molar-refractivity contribution is 8.01. The number of nitrogens with zero attached hydrogens (tertiary/aromatic N) is 2. The number of carbonyl (C=O) groups is 1. The van der Waals surface area contributed by atoms with Crippen LogP contribution < -0.4 is 5.32 Å². The molecule has 4 nitrogen and oxygen atoms in total. The molecule has 0 aliphatic heterocycles. The molecular formula is C15H19N3OS2. The first-order valence-electron chi connectivity index (χ1n) is 6.75. The van der Waals surface area contributed by atoms with Crippen LogP contribution in [0.15, 0.2) is 22.5 Å². The monoisotopic (exact) mass is 321 g/mol. The molecule has 0 aliphatic rings. The molecule has 112 valence electrons. The fraction of sp³-hybridized carbons (Fsp3) is 0.400. The molecule has 0 fully saturated rings. The molecule has 0 aliphatic carbocycles. The summed E-state index contributed by atoms with van der Waals surface area (Å²) in [4.78, 5) is 12.0. The minimum absolute atomic E-state index is 0.00792. The summed E-state index contributed by atoms with van der Waals surface area (Å²) in [5.41, 5.74) is 3.63. The maximum Gasteiger partial charge on any atom is 0.230 e. The Morgan fingerprint density at radius 3 is 2.67 bits per heavy atom. The standard InChI is InChI=1S/C15H19N3OS2/c1-9-5-6-13(7-10(9)2)11(3)16-14(19)8-20-15-18-17-12(4)21-15/h5-7,11H,8H2,1-4H3,(H,16,19)/t11-/m0/s1. The summed E-state index contributed by atoms with van der Waals surface area (Å²) in [5, 5.41) is 11.9. The molecule has 1 atom stereocenters. The van der Waals surface area contributed by atoms with Gasteiger partial charge >= 0.3 is 0 Å². The molecule has 21 heavy (non-hydrogen) atoms. The van der Waals surface area contributed by atoms with Gasteiger partial charge in [0.25, 0.3) is 0 Å². The predicted octanol–water partition coefficient (Wildman–Crippen LogP) is 3.43. The smallest absolute Gasteiger partial charge is 0.230 e. The van der Waals surface area contributed by atoms with E-state index in [0.717, 1.165) is 14.9 Å². The van der Waals surface area contributed by atoms with E-state index in [1.54, 1.807) is 0 Å². The van der Waals surface area contributed by atoms with Crippen LogP contribution in [0, 0.1) is 20.8 Å². The second-order valence-electron chi connectivity index (χ2n) is 5.01. The van der Waals surface area contributed by atoms with Crippen LogP contribution >= 0.6 is 23.1 Å². The fourth-order valence-electron chi connectivity index (χ4n) is 1.86. The molecule has 0 saturated heterocycles. The van der Waals surface area contributed by atoms with Crippen LogP contribution in [0.4, 0.5) is 0 Å². The van der Waals surface area contributed by atoms with E-state index in [9.17, 15) is 4.79 Å². The molecule has 1 N–H and O–H groups in total. The third-order valence-corrected chi connectivity index (χ3v) is 5.21. The van der Waals surface area contributed by atoms with Gasteiger partial charge < -0.3 is 5.32 Å². The molecule has 1 aromatic heterocycles. The Balaban J connectivity index is 1.88. The van der Waals surface area contributed by atoms with Crippen LogP contribution in [-0.4, -0.2) is 21.9 Å². The summed E-state index contributed by atoms with van der Waals surface area (Å²) >= 11 is 2.93. The summed E-state index contributed by atoms with van der Waals surface area (Å²) in [5.74, 6) is 0.377. The van der Waals surface area contributed by atoms with E-state index < -0.39 is 0 Å². The maximum atomic E-state index is 12.0. The average molecular weight is 321 g/mol. The van der Waals surface area contributed by atoms with Gasteiger partial charge in [-0.1, -0.05) is 41.3 Å². The first kappa shape index (κ1) is 16.0. The average Bonchev–Trinajstić information content (AvgIpc) is 2.85. The first-order valence-corrected chi connectivity index (χ1v) is 8.55. The van der Waals surface area contributed by atoms with Crippen molar-refractivity contribution in [1.82, 2.24) is 15.5 Å². The molecule has 6 heteroatoms. The minimum atomic E-state index is 0.00792. The van der Waals surface area contributed by atoms with Crippen molar-refractivity contribution in [2.24, 2.45) is 0 Å². The molecule has 1 amide bonds. The number of benzene rings is 1. The number of amides is 1. The van der Waals surface area contributed by atoms with Gasteiger partial charge in [-0.05, 0) is 44.4 Å². The molecule has 0 bridgehead atoms. The zero-order valence-corrected chi connectivity index (χ0v) is 14.3. The van der Waals surface area contributed by atoms with Crippen LogP contribution in [0.25, 0.3) is 0 Å². The lowest BCUT2D eigenvalue weighted by Gasteiger charge is -2.15. The van der Waals surface area contributed by atoms with Crippen molar-refractivity contribution in [3.8, 4) is 0 Å². The Kier molecular flexibility index (Phi) is 5.36. The maximum absolute atomic E-state index is 12.0. The van der Waals surface area contributed by atoms with Crippen molar-refractivity contribution in [3.63, 3.8) is 0 Å². The molecule has 0 radical (unpaired) electrons. The lowest BCUT2D eigenvalue weighted by Crippen LogP contribution is -2.28. The van der Waals surface area contributed by atoms with E-state index in [1.807, 2.05) is 13.8 Å². The van der Waals surface area contributed by atoms with Gasteiger partial charge in [0.15, 0.2) is 4.34 Å². The molecule has 0 saturated carbocycles. The molecular weight excluding hydrogens is 302 g/mol. The summed E-state index contributed by atoms with van der Waals surface area (Å²) in [6, 6.07) is 6.29. The van der Waals surface area contributed by atoms with Crippen molar-refractivity contribution in [1.29, 1.82) is 0 Å². The lowest BCUT2D eigenvalue weighted by atomic mass is 10.0. The van der Waals surface area contributed by atoms with Crippen LogP contribution in [-0.2, 0) is 4.79 Å². The number of hydrogen-bond acceptors (Lipinski definition) is 5. The van der Waals surface area contributed by atoms with E-state index in [2.05, 4.69) is 47.6 Å². The zero-order valence-electron chi connectivity index (χ0n) is 12.6. The van der Waals surface area contributed by atoms with Crippen LogP contribution in [0.2, 0.25) is 0 Å². The normalized spacial score (nSPS) is 12.2. The van der Waals surface area contributed by atoms with E-state index in [0.29, 0.717) is 5.75 Å². The summed E-state index contributed by atoms with van der Waals surface area (Å²) in [6.45, 7) is 8.08. The number of aromatic nitrogens is 2. The van der Waals surface area contributed by atoms with Crippen molar-refractivity contribution < 1.29 is 4.79 Å². The summed E-state index contributed by atoms with van der Waals surface area (Å²) < 4.78 is 0.835. The number of thioether (sulfide) groups is 1. The minimum Gasteiger partial charge on any atom is -0.349 e. The lowest BCUT2D eigenvalue weighted by molar-refractivity contribution is -0.119. The Hall–Kier alpha value is -1.40. The first-order chi connectivity index (χ1) is 9.95. The van der Waals surface area contributed by atoms with E-state index in [1.165, 1.54) is 34.2 Å². The van der Waals surface area contributed by atoms with Gasteiger partial charge in [-0.2, -0.15) is 0 Å². The number of nitrogens with one attached hydrogen (secondary N) is 1. The number of aryl methyl sites for hydroxylation is 3. The summed E-state index contributed by atoms with van der Waals surface area (Å²) in [6.07, 6.45) is 0. The number of rotatable bonds is 5. The Morgan fingerprint density at radius 1 is 1.29 bits per heavy atom. The zero-order chi connectivity index (χ0) is 15.4. The van der Waals surface area contributed by atoms with E-state index >= 15 is 0 Å². The fourth-order valence-corrected chi connectivity index (χ4v) is 3.49. The van der Waals surface area contributed by atoms with Gasteiger partial charge in [0.2, 0.25) is 5.91 Å². The van der Waals surface area contributed by atoms with Crippen LogP contribution in [0.3, 0.4) is 0 Å². The van der Waals surface area contributed by atoms with Gasteiger partial charge in [0.1, 0.15) is 5.01 Å². The van der Waals surface area contributed by atoms with Gasteiger partial charge in [-0.15, -0.1) is 10.2 Å². The molecule has 2 rings (SSSR count). The van der Waals surface area contributed by atoms with Crippen molar-refractivity contribution >= 4 is 29.0 Å². The molecule has 0 spiro atoms. The van der Waals surface area contributed by atoms with Crippen molar-refractivity contribution in [3.05, 3.63) is 39.9 Å². The summed E-state index contributed by atoms with van der Waals surface area (Å²) in [7, 11) is 0. The third-order valence-electron chi connectivity index (χ3n) is 3.24. The Bertz CT molecular complexity index is 640. The third kappa shape index (κ3) is 4.54. The van der Waals surface area contributed by atoms with E-state index in [4.69, 9.17) is 0 Å². The van der Waals surface area contributed by atoms with Crippen molar-refractivity contribution in [2.45, 2.75) is 38.1 Å². The quantitative estimate of drug-likeness (QED) is 0.857. The predicted molar refractivity (Wildman–Crippen MR) is 87.8 cm³/mol. The second kappa shape index (κ2) is 7.04. The van der Waals surface area contributed by atoms with Gasteiger partial charge in [0.05, 0.1) is 11.8 Å². The number of hydrogen-bond donors (Lipinski definition) is 1. The highest BCUT2D eigenvalue weighted by atomic mass is 32.2. The van der Waals surface area contributed by atoms with Gasteiger partial charge in [-0.3, -0.25) is 4.79 Å². The highest BCUT2D eigenvalue weighted by Crippen LogP contribution is 2.22. The largest absolute Gasteiger partial charge is 0.349 e. The van der Waals surface area contributed by atoms with Crippen molar-refractivity contribution in [2.75, 3.05) is 5.75 Å². The van der Waals surface area contributed by atoms with Crippen LogP contribution in [0.1, 0.15) is 34.7 Å². The Labute approximate surface area is 133 Å². The molecule has 0 unspecified atom stereocenters. The Morgan fingerprint density at radius 2 is 2.05 bits per heavy atom. The highest BCUT2D eigenvalue weighted by Gasteiger charge is 2.11.